The lowest BCUT2D eigenvalue weighted by molar-refractivity contribution is -0.116. The molecule has 0 bridgehead atoms. The first-order valence-corrected chi connectivity index (χ1v) is 10.2. The number of carbonyl (C=O) groups is 1. The van der Waals surface area contributed by atoms with E-state index in [1.165, 1.54) is 31.3 Å². The van der Waals surface area contributed by atoms with E-state index in [4.69, 9.17) is 0 Å². The van der Waals surface area contributed by atoms with Crippen LogP contribution in [0.4, 0.5) is 0 Å². The molecule has 0 aromatic rings. The lowest BCUT2D eigenvalue weighted by atomic mass is 9.51. The number of fused-ring (bicyclic) bond motifs is 5. The van der Waals surface area contributed by atoms with Crippen molar-refractivity contribution in [2.75, 3.05) is 0 Å². The molecule has 0 spiro atoms. The van der Waals surface area contributed by atoms with Crippen LogP contribution in [0.15, 0.2) is 11.6 Å². The first-order chi connectivity index (χ1) is 11.5. The summed E-state index contributed by atoms with van der Waals surface area (Å²) in [7, 11) is 0. The number of allylic oxidation sites excluding steroid dienone is 1. The van der Waals surface area contributed by atoms with Gasteiger partial charge in [0.1, 0.15) is 0 Å². The number of nitrogens with zero attached hydrogens (tertiary/aromatic N) is 1. The molecule has 0 aliphatic heterocycles. The van der Waals surface area contributed by atoms with Crippen LogP contribution in [0.5, 0.6) is 0 Å². The molecular weight excluding hydrogens is 294 g/mol. The standard InChI is InChI=1S/C20H27NO.C2H6/c1-12-9-18-17-5-3-13-10-14(22)4-6-15(13)16(17)7-8-20(18,2)19(12)11-21;1-2/h10,12,15-19H,3-9H2,1-2H3;1-2H3. The largest absolute Gasteiger partial charge is 0.295 e. The number of nitriles is 1. The molecule has 132 valence electrons. The zero-order chi connectivity index (χ0) is 17.5. The Morgan fingerprint density at radius 1 is 1.17 bits per heavy atom. The van der Waals surface area contributed by atoms with Crippen LogP contribution in [0.1, 0.15) is 72.6 Å². The second-order valence-corrected chi connectivity index (χ2v) is 8.67. The second kappa shape index (κ2) is 6.66. The monoisotopic (exact) mass is 327 g/mol. The first-order valence-electron chi connectivity index (χ1n) is 10.2. The van der Waals surface area contributed by atoms with Crippen LogP contribution in [0, 0.1) is 52.3 Å². The normalized spacial score (nSPS) is 46.5. The lowest BCUT2D eigenvalue weighted by Crippen LogP contribution is -2.46. The molecule has 3 saturated carbocycles. The van der Waals surface area contributed by atoms with E-state index in [1.807, 2.05) is 19.9 Å². The van der Waals surface area contributed by atoms with E-state index in [-0.39, 0.29) is 11.3 Å². The fraction of sp³-hybridized carbons (Fsp3) is 0.818. The van der Waals surface area contributed by atoms with Gasteiger partial charge in [-0.15, -0.1) is 0 Å². The number of hydrogen-bond acceptors (Lipinski definition) is 2. The van der Waals surface area contributed by atoms with Gasteiger partial charge >= 0.3 is 0 Å². The highest BCUT2D eigenvalue weighted by molar-refractivity contribution is 5.91. The molecule has 3 fully saturated rings. The first kappa shape index (κ1) is 17.7. The van der Waals surface area contributed by atoms with E-state index < -0.39 is 0 Å². The minimum Gasteiger partial charge on any atom is -0.295 e. The van der Waals surface area contributed by atoms with Gasteiger partial charge in [0.05, 0.1) is 12.0 Å². The van der Waals surface area contributed by atoms with Gasteiger partial charge in [0, 0.05) is 6.42 Å². The summed E-state index contributed by atoms with van der Waals surface area (Å²) in [5.41, 5.74) is 1.71. The van der Waals surface area contributed by atoms with Crippen molar-refractivity contribution in [1.82, 2.24) is 0 Å². The summed E-state index contributed by atoms with van der Waals surface area (Å²) >= 11 is 0. The molecule has 2 nitrogen and oxygen atoms in total. The molecule has 24 heavy (non-hydrogen) atoms. The van der Waals surface area contributed by atoms with Crippen molar-refractivity contribution in [2.24, 2.45) is 40.9 Å². The summed E-state index contributed by atoms with van der Waals surface area (Å²) in [5, 5.41) is 9.66. The average molecular weight is 328 g/mol. The van der Waals surface area contributed by atoms with E-state index in [9.17, 15) is 10.1 Å². The second-order valence-electron chi connectivity index (χ2n) is 8.67. The summed E-state index contributed by atoms with van der Waals surface area (Å²) in [6, 6.07) is 2.65. The quantitative estimate of drug-likeness (QED) is 0.586. The zero-order valence-electron chi connectivity index (χ0n) is 15.8. The summed E-state index contributed by atoms with van der Waals surface area (Å²) in [5.74, 6) is 4.17. The van der Waals surface area contributed by atoms with Crippen molar-refractivity contribution >= 4 is 5.78 Å². The third-order valence-corrected chi connectivity index (χ3v) is 7.78. The smallest absolute Gasteiger partial charge is 0.155 e. The van der Waals surface area contributed by atoms with Gasteiger partial charge in [0.25, 0.3) is 0 Å². The van der Waals surface area contributed by atoms with E-state index in [0.29, 0.717) is 17.6 Å². The van der Waals surface area contributed by atoms with Crippen LogP contribution >= 0.6 is 0 Å². The Hall–Kier alpha value is -1.10. The molecule has 0 N–H and O–H groups in total. The van der Waals surface area contributed by atoms with Gasteiger partial charge in [-0.1, -0.05) is 33.3 Å². The third-order valence-electron chi connectivity index (χ3n) is 7.78. The van der Waals surface area contributed by atoms with Gasteiger partial charge in [-0.05, 0) is 79.6 Å². The number of hydrogen-bond donors (Lipinski definition) is 0. The molecule has 7 unspecified atom stereocenters. The van der Waals surface area contributed by atoms with Crippen molar-refractivity contribution in [3.05, 3.63) is 11.6 Å². The Balaban J connectivity index is 0.000000815. The predicted molar refractivity (Wildman–Crippen MR) is 97.1 cm³/mol. The lowest BCUT2D eigenvalue weighted by Gasteiger charge is -2.53. The number of ketones is 1. The summed E-state index contributed by atoms with van der Waals surface area (Å²) in [6.45, 7) is 8.70. The highest BCUT2D eigenvalue weighted by atomic mass is 16.1. The Morgan fingerprint density at radius 3 is 2.62 bits per heavy atom. The third kappa shape index (κ3) is 2.56. The molecule has 4 aliphatic rings. The van der Waals surface area contributed by atoms with Gasteiger partial charge in [-0.3, -0.25) is 4.79 Å². The summed E-state index contributed by atoms with van der Waals surface area (Å²) < 4.78 is 0. The summed E-state index contributed by atoms with van der Waals surface area (Å²) in [6.07, 6.45) is 9.97. The van der Waals surface area contributed by atoms with E-state index >= 15 is 0 Å². The number of carbonyl (C=O) groups excluding carboxylic acids is 1. The van der Waals surface area contributed by atoms with Crippen molar-refractivity contribution in [2.45, 2.75) is 72.6 Å². The van der Waals surface area contributed by atoms with Gasteiger partial charge in [0.2, 0.25) is 0 Å². The minimum absolute atomic E-state index is 0.251. The van der Waals surface area contributed by atoms with Crippen molar-refractivity contribution < 1.29 is 4.79 Å². The molecule has 0 amide bonds. The molecule has 0 heterocycles. The molecular formula is C22H33NO. The Morgan fingerprint density at radius 2 is 1.92 bits per heavy atom. The van der Waals surface area contributed by atoms with E-state index in [0.717, 1.165) is 37.0 Å². The van der Waals surface area contributed by atoms with Gasteiger partial charge in [-0.2, -0.15) is 5.26 Å². The molecule has 7 atom stereocenters. The molecule has 0 aromatic heterocycles. The van der Waals surface area contributed by atoms with Crippen molar-refractivity contribution in [1.29, 1.82) is 5.26 Å². The van der Waals surface area contributed by atoms with Crippen LogP contribution < -0.4 is 0 Å². The van der Waals surface area contributed by atoms with Crippen molar-refractivity contribution in [3.63, 3.8) is 0 Å². The predicted octanol–water partition coefficient (Wildman–Crippen LogP) is 5.54. The fourth-order valence-electron chi connectivity index (χ4n) is 6.82. The maximum Gasteiger partial charge on any atom is 0.155 e. The fourth-order valence-corrected chi connectivity index (χ4v) is 6.82. The van der Waals surface area contributed by atoms with E-state index in [1.54, 1.807) is 0 Å². The highest BCUT2D eigenvalue weighted by Gasteiger charge is 2.58. The summed E-state index contributed by atoms with van der Waals surface area (Å²) in [4.78, 5) is 11.7. The van der Waals surface area contributed by atoms with Crippen LogP contribution in [0.2, 0.25) is 0 Å². The van der Waals surface area contributed by atoms with Crippen molar-refractivity contribution in [3.8, 4) is 6.07 Å². The highest BCUT2D eigenvalue weighted by Crippen LogP contribution is 2.64. The van der Waals surface area contributed by atoms with Crippen LogP contribution in [-0.2, 0) is 4.79 Å². The van der Waals surface area contributed by atoms with Crippen LogP contribution in [-0.4, -0.2) is 5.78 Å². The Bertz CT molecular complexity index is 571. The van der Waals surface area contributed by atoms with Crippen LogP contribution in [0.3, 0.4) is 0 Å². The Labute approximate surface area is 147 Å². The topological polar surface area (TPSA) is 40.9 Å². The molecule has 0 radical (unpaired) electrons. The van der Waals surface area contributed by atoms with Crippen LogP contribution in [0.25, 0.3) is 0 Å². The van der Waals surface area contributed by atoms with Gasteiger partial charge < -0.3 is 0 Å². The van der Waals surface area contributed by atoms with Gasteiger partial charge in [-0.25, -0.2) is 0 Å². The number of rotatable bonds is 0. The molecule has 4 rings (SSSR count). The van der Waals surface area contributed by atoms with Gasteiger partial charge in [0.15, 0.2) is 5.78 Å². The SMILES string of the molecule is CC.CC1CC2C3CCC4=CC(=O)CCC4C3CCC2(C)C1C#N. The molecule has 0 aromatic carbocycles. The molecule has 4 aliphatic carbocycles. The maximum atomic E-state index is 11.7. The Kier molecular flexibility index (Phi) is 4.92. The molecule has 0 saturated heterocycles. The van der Waals surface area contributed by atoms with E-state index in [2.05, 4.69) is 19.9 Å². The minimum atomic E-state index is 0.251. The average Bonchev–Trinajstić information content (AvgIpc) is 2.85. The molecule has 2 heteroatoms. The zero-order valence-corrected chi connectivity index (χ0v) is 15.8. The maximum absolute atomic E-state index is 11.7.